The second-order valence-electron chi connectivity index (χ2n) is 6.08. The molecule has 0 radical (unpaired) electrons. The van der Waals surface area contributed by atoms with E-state index in [0.717, 1.165) is 18.4 Å². The fourth-order valence-electron chi connectivity index (χ4n) is 2.58. The summed E-state index contributed by atoms with van der Waals surface area (Å²) in [5.41, 5.74) is 1.13. The Morgan fingerprint density at radius 2 is 2.14 bits per heavy atom. The first-order chi connectivity index (χ1) is 10.5. The SMILES string of the molecule is [C-]#[N+]c1ccc(C2CC=NN2C(=O)C(C)(C)CCCCl)cc1. The van der Waals surface area contributed by atoms with Gasteiger partial charge < -0.3 is 0 Å². The van der Waals surface area contributed by atoms with Crippen molar-refractivity contribution in [2.24, 2.45) is 10.5 Å². The van der Waals surface area contributed by atoms with Gasteiger partial charge in [-0.05, 0) is 18.4 Å². The summed E-state index contributed by atoms with van der Waals surface area (Å²) in [6.07, 6.45) is 4.03. The largest absolute Gasteiger partial charge is 0.272 e. The topological polar surface area (TPSA) is 37.0 Å². The molecule has 1 aromatic rings. The van der Waals surface area contributed by atoms with Crippen LogP contribution in [-0.4, -0.2) is 23.0 Å². The number of nitrogens with zero attached hydrogens (tertiary/aromatic N) is 3. The van der Waals surface area contributed by atoms with Crippen molar-refractivity contribution in [2.75, 3.05) is 5.88 Å². The molecule has 5 heteroatoms. The van der Waals surface area contributed by atoms with Crippen LogP contribution in [0.1, 0.15) is 44.7 Å². The minimum atomic E-state index is -0.481. The van der Waals surface area contributed by atoms with Gasteiger partial charge in [0.25, 0.3) is 0 Å². The highest BCUT2D eigenvalue weighted by Crippen LogP contribution is 2.35. The highest BCUT2D eigenvalue weighted by molar-refractivity contribution is 6.17. The summed E-state index contributed by atoms with van der Waals surface area (Å²) >= 11 is 5.75. The second kappa shape index (κ2) is 6.93. The average Bonchev–Trinajstić information content (AvgIpc) is 3.01. The fourth-order valence-corrected chi connectivity index (χ4v) is 2.72. The minimum Gasteiger partial charge on any atom is -0.272 e. The van der Waals surface area contributed by atoms with Crippen LogP contribution in [0.2, 0.25) is 0 Å². The third-order valence-corrected chi connectivity index (χ3v) is 4.23. The van der Waals surface area contributed by atoms with Gasteiger partial charge in [0.2, 0.25) is 5.91 Å². The monoisotopic (exact) mass is 317 g/mol. The van der Waals surface area contributed by atoms with Gasteiger partial charge in [0.1, 0.15) is 0 Å². The Labute approximate surface area is 136 Å². The van der Waals surface area contributed by atoms with Crippen LogP contribution in [0.5, 0.6) is 0 Å². The number of rotatable bonds is 5. The van der Waals surface area contributed by atoms with E-state index in [0.29, 0.717) is 18.0 Å². The Kier molecular flexibility index (Phi) is 5.20. The van der Waals surface area contributed by atoms with Gasteiger partial charge in [0, 0.05) is 23.9 Å². The zero-order valence-electron chi connectivity index (χ0n) is 12.9. The number of hydrogen-bond donors (Lipinski definition) is 0. The van der Waals surface area contributed by atoms with E-state index in [9.17, 15) is 4.79 Å². The molecule has 1 heterocycles. The maximum Gasteiger partial charge on any atom is 0.248 e. The van der Waals surface area contributed by atoms with Gasteiger partial charge in [-0.3, -0.25) is 4.79 Å². The van der Waals surface area contributed by atoms with Crippen molar-refractivity contribution in [1.29, 1.82) is 0 Å². The molecule has 0 N–H and O–H groups in total. The lowest BCUT2D eigenvalue weighted by atomic mass is 9.86. The maximum absolute atomic E-state index is 12.8. The normalized spacial score (nSPS) is 17.5. The predicted octanol–water partition coefficient (Wildman–Crippen LogP) is 4.54. The maximum atomic E-state index is 12.8. The summed E-state index contributed by atoms with van der Waals surface area (Å²) in [4.78, 5) is 16.2. The van der Waals surface area contributed by atoms with Crippen LogP contribution >= 0.6 is 11.6 Å². The highest BCUT2D eigenvalue weighted by atomic mass is 35.5. The fraction of sp³-hybridized carbons (Fsp3) is 0.471. The third-order valence-electron chi connectivity index (χ3n) is 3.96. The molecule has 0 bridgehead atoms. The van der Waals surface area contributed by atoms with Crippen LogP contribution in [0.3, 0.4) is 0 Å². The van der Waals surface area contributed by atoms with E-state index in [1.165, 1.54) is 0 Å². The number of hydrazone groups is 1. The smallest absolute Gasteiger partial charge is 0.248 e. The molecule has 1 unspecified atom stereocenters. The van der Waals surface area contributed by atoms with Crippen molar-refractivity contribution < 1.29 is 4.79 Å². The number of halogens is 1. The van der Waals surface area contributed by atoms with Crippen molar-refractivity contribution in [3.8, 4) is 0 Å². The number of hydrogen-bond acceptors (Lipinski definition) is 2. The van der Waals surface area contributed by atoms with E-state index in [4.69, 9.17) is 18.2 Å². The Morgan fingerprint density at radius 1 is 1.45 bits per heavy atom. The van der Waals surface area contributed by atoms with Crippen LogP contribution in [-0.2, 0) is 4.79 Å². The Hall–Kier alpha value is -1.86. The summed E-state index contributed by atoms with van der Waals surface area (Å²) in [6.45, 7) is 10.9. The lowest BCUT2D eigenvalue weighted by Crippen LogP contribution is -2.38. The molecule has 0 saturated heterocycles. The first-order valence-electron chi connectivity index (χ1n) is 7.39. The van der Waals surface area contributed by atoms with Crippen molar-refractivity contribution in [3.05, 3.63) is 41.2 Å². The van der Waals surface area contributed by atoms with Crippen LogP contribution in [0.4, 0.5) is 5.69 Å². The van der Waals surface area contributed by atoms with Gasteiger partial charge in [-0.15, -0.1) is 11.6 Å². The van der Waals surface area contributed by atoms with Crippen molar-refractivity contribution in [3.63, 3.8) is 0 Å². The Balaban J connectivity index is 2.17. The molecule has 4 nitrogen and oxygen atoms in total. The zero-order valence-corrected chi connectivity index (χ0v) is 13.7. The first kappa shape index (κ1) is 16.5. The summed E-state index contributed by atoms with van der Waals surface area (Å²) in [5.74, 6) is 0.576. The van der Waals surface area contributed by atoms with E-state index in [2.05, 4.69) is 9.95 Å². The molecule has 1 atom stereocenters. The molecule has 1 aliphatic rings. The first-order valence-corrected chi connectivity index (χ1v) is 7.92. The number of benzene rings is 1. The van der Waals surface area contributed by atoms with Gasteiger partial charge in [-0.2, -0.15) is 5.10 Å². The molecule has 0 aromatic heterocycles. The highest BCUT2D eigenvalue weighted by Gasteiger charge is 2.37. The molecule has 2 rings (SSSR count). The van der Waals surface area contributed by atoms with Crippen LogP contribution in [0, 0.1) is 12.0 Å². The van der Waals surface area contributed by atoms with Crippen LogP contribution < -0.4 is 0 Å². The van der Waals surface area contributed by atoms with Gasteiger partial charge >= 0.3 is 0 Å². The van der Waals surface area contributed by atoms with E-state index in [1.54, 1.807) is 23.4 Å². The molecule has 0 aliphatic carbocycles. The second-order valence-corrected chi connectivity index (χ2v) is 6.46. The average molecular weight is 318 g/mol. The van der Waals surface area contributed by atoms with E-state index in [1.807, 2.05) is 26.0 Å². The lowest BCUT2D eigenvalue weighted by molar-refractivity contribution is -0.142. The predicted molar refractivity (Wildman–Crippen MR) is 89.1 cm³/mol. The summed E-state index contributed by atoms with van der Waals surface area (Å²) in [5, 5.41) is 5.86. The lowest BCUT2D eigenvalue weighted by Gasteiger charge is -2.31. The number of carbonyl (C=O) groups excluding carboxylic acids is 1. The molecule has 1 amide bonds. The molecule has 1 aliphatic heterocycles. The van der Waals surface area contributed by atoms with E-state index >= 15 is 0 Å². The molecule has 0 fully saturated rings. The molecule has 116 valence electrons. The molecular weight excluding hydrogens is 298 g/mol. The summed E-state index contributed by atoms with van der Waals surface area (Å²) < 4.78 is 0. The summed E-state index contributed by atoms with van der Waals surface area (Å²) in [7, 11) is 0. The number of carbonyl (C=O) groups is 1. The van der Waals surface area contributed by atoms with Gasteiger partial charge in [-0.1, -0.05) is 38.1 Å². The molecule has 1 aromatic carbocycles. The quantitative estimate of drug-likeness (QED) is 0.580. The van der Waals surface area contributed by atoms with E-state index < -0.39 is 5.41 Å². The number of amides is 1. The minimum absolute atomic E-state index is 0.0191. The Morgan fingerprint density at radius 3 is 2.73 bits per heavy atom. The molecule has 22 heavy (non-hydrogen) atoms. The molecular formula is C17H20ClN3O. The van der Waals surface area contributed by atoms with Crippen molar-refractivity contribution >= 4 is 29.4 Å². The molecule has 0 saturated carbocycles. The van der Waals surface area contributed by atoms with Gasteiger partial charge in [0.05, 0.1) is 12.6 Å². The standard InChI is InChI=1S/C17H20ClN3O/c1-17(2,10-4-11-18)16(22)21-15(9-12-20-21)13-5-7-14(19-3)8-6-13/h5-8,12,15H,4,9-11H2,1-2H3. The Bertz CT molecular complexity index is 601. The van der Waals surface area contributed by atoms with Crippen molar-refractivity contribution in [2.45, 2.75) is 39.2 Å². The van der Waals surface area contributed by atoms with Gasteiger partial charge in [0.15, 0.2) is 5.69 Å². The third kappa shape index (κ3) is 3.48. The van der Waals surface area contributed by atoms with E-state index in [-0.39, 0.29) is 11.9 Å². The summed E-state index contributed by atoms with van der Waals surface area (Å²) in [6, 6.07) is 7.28. The van der Waals surface area contributed by atoms with Crippen LogP contribution in [0.15, 0.2) is 29.4 Å². The van der Waals surface area contributed by atoms with Crippen LogP contribution in [0.25, 0.3) is 4.85 Å². The number of alkyl halides is 1. The zero-order chi connectivity index (χ0) is 16.2. The van der Waals surface area contributed by atoms with Crippen molar-refractivity contribution in [1.82, 2.24) is 5.01 Å². The van der Waals surface area contributed by atoms with Gasteiger partial charge in [-0.25, -0.2) is 9.85 Å². The molecule has 0 spiro atoms.